The third-order valence-corrected chi connectivity index (χ3v) is 6.79. The van der Waals surface area contributed by atoms with Gasteiger partial charge in [0.25, 0.3) is 11.1 Å². The molecule has 198 valence electrons. The van der Waals surface area contributed by atoms with Gasteiger partial charge in [-0.05, 0) is 51.0 Å². The molecule has 38 heavy (non-hydrogen) atoms. The minimum absolute atomic E-state index is 0.132. The molecular weight excluding hydrogens is 480 g/mol. The monoisotopic (exact) mass is 514 g/mol. The van der Waals surface area contributed by atoms with Crippen molar-refractivity contribution in [2.75, 3.05) is 0 Å². The topological polar surface area (TPSA) is 110 Å². The summed E-state index contributed by atoms with van der Waals surface area (Å²) in [5.74, 6) is -0.265. The normalized spacial score (nSPS) is 11.1. The van der Waals surface area contributed by atoms with Gasteiger partial charge >= 0.3 is 0 Å². The van der Waals surface area contributed by atoms with E-state index in [1.165, 1.54) is 9.36 Å². The molecule has 0 aliphatic rings. The fourth-order valence-corrected chi connectivity index (χ4v) is 4.80. The molecule has 0 amide bonds. The summed E-state index contributed by atoms with van der Waals surface area (Å²) < 4.78 is 2.82. The first-order valence-corrected chi connectivity index (χ1v) is 13.2. The fraction of sp³-hybridized carbons (Fsp3) is 0.333. The van der Waals surface area contributed by atoms with Crippen molar-refractivity contribution in [2.45, 2.75) is 65.2 Å². The molecule has 0 bridgehead atoms. The number of hydrogen-bond acceptors (Lipinski definition) is 4. The van der Waals surface area contributed by atoms with Crippen molar-refractivity contribution in [1.29, 1.82) is 0 Å². The third-order valence-electron chi connectivity index (χ3n) is 6.79. The summed E-state index contributed by atoms with van der Waals surface area (Å²) in [5.41, 5.74) is 2.42. The van der Waals surface area contributed by atoms with Crippen LogP contribution in [0.4, 0.5) is 0 Å². The van der Waals surface area contributed by atoms with Crippen LogP contribution in [0.25, 0.3) is 11.4 Å². The van der Waals surface area contributed by atoms with Gasteiger partial charge in [-0.25, -0.2) is 9.36 Å². The Labute approximate surface area is 221 Å². The highest BCUT2D eigenvalue weighted by Gasteiger charge is 2.20. The Hall–Kier alpha value is -4.20. The Balaban J connectivity index is 1.18. The van der Waals surface area contributed by atoms with E-state index < -0.39 is 0 Å². The number of unbranched alkanes of at least 4 members (excludes halogenated alkanes) is 5. The molecule has 2 aromatic heterocycles. The molecule has 0 atom stereocenters. The third kappa shape index (κ3) is 6.02. The maximum atomic E-state index is 12.8. The summed E-state index contributed by atoms with van der Waals surface area (Å²) in [5, 5.41) is 6.01. The Bertz CT molecular complexity index is 1390. The summed E-state index contributed by atoms with van der Waals surface area (Å²) in [6, 6.07) is 18.4. The van der Waals surface area contributed by atoms with Crippen molar-refractivity contribution in [2.24, 2.45) is 0 Å². The van der Waals surface area contributed by atoms with E-state index in [0.717, 1.165) is 25.7 Å². The van der Waals surface area contributed by atoms with Crippen LogP contribution < -0.4 is 11.1 Å². The van der Waals surface area contributed by atoms with Gasteiger partial charge in [-0.3, -0.25) is 29.4 Å². The van der Waals surface area contributed by atoms with Crippen LogP contribution in [0, 0.1) is 13.8 Å². The van der Waals surface area contributed by atoms with Crippen molar-refractivity contribution in [3.05, 3.63) is 104 Å². The second-order valence-electron chi connectivity index (χ2n) is 9.64. The van der Waals surface area contributed by atoms with E-state index >= 15 is 0 Å². The Kier molecular flexibility index (Phi) is 8.73. The van der Waals surface area contributed by atoms with Crippen LogP contribution in [0.15, 0.2) is 70.3 Å². The molecule has 8 nitrogen and oxygen atoms in total. The highest BCUT2D eigenvalue weighted by Crippen LogP contribution is 2.15. The zero-order chi connectivity index (χ0) is 27.1. The van der Waals surface area contributed by atoms with E-state index in [0.29, 0.717) is 48.4 Å². The van der Waals surface area contributed by atoms with Gasteiger partial charge in [-0.2, -0.15) is 0 Å². The van der Waals surface area contributed by atoms with Crippen LogP contribution in [0.2, 0.25) is 0 Å². The summed E-state index contributed by atoms with van der Waals surface area (Å²) >= 11 is 0. The SMILES string of the molecule is Cc1[nH]n(-c2ccccc2)c(=O)c1C(=O)CCCCCCCCC(=O)c1c(C)[nH]n(-c2ccccc2)c1=O. The first kappa shape index (κ1) is 26.9. The number of Topliss-reactive ketones (excluding diaryl/α,β-unsaturated/α-hetero) is 2. The zero-order valence-electron chi connectivity index (χ0n) is 22.0. The molecule has 0 spiro atoms. The molecule has 0 saturated carbocycles. The van der Waals surface area contributed by atoms with Gasteiger partial charge in [-0.1, -0.05) is 62.1 Å². The molecule has 0 aliphatic carbocycles. The lowest BCUT2D eigenvalue weighted by atomic mass is 10.0. The van der Waals surface area contributed by atoms with Crippen molar-refractivity contribution < 1.29 is 9.59 Å². The number of benzene rings is 2. The van der Waals surface area contributed by atoms with Crippen LogP contribution in [-0.2, 0) is 0 Å². The molecule has 2 heterocycles. The van der Waals surface area contributed by atoms with Crippen LogP contribution in [-0.4, -0.2) is 31.1 Å². The minimum Gasteiger partial charge on any atom is -0.295 e. The number of ketones is 2. The summed E-state index contributed by atoms with van der Waals surface area (Å²) in [7, 11) is 0. The highest BCUT2D eigenvalue weighted by molar-refractivity contribution is 5.97. The van der Waals surface area contributed by atoms with Gasteiger partial charge in [0.15, 0.2) is 11.6 Å². The Morgan fingerprint density at radius 3 is 1.29 bits per heavy atom. The van der Waals surface area contributed by atoms with Crippen molar-refractivity contribution >= 4 is 11.6 Å². The number of H-pyrrole nitrogens is 2. The summed E-state index contributed by atoms with van der Waals surface area (Å²) in [6.07, 6.45) is 5.77. The molecular formula is C30H34N4O4. The number of nitrogens with zero attached hydrogens (tertiary/aromatic N) is 2. The van der Waals surface area contributed by atoms with Gasteiger partial charge in [0, 0.05) is 24.2 Å². The number of carbonyl (C=O) groups excluding carboxylic acids is 2. The summed E-state index contributed by atoms with van der Waals surface area (Å²) in [4.78, 5) is 51.0. The molecule has 0 saturated heterocycles. The number of hydrogen-bond donors (Lipinski definition) is 2. The first-order valence-electron chi connectivity index (χ1n) is 13.2. The molecule has 8 heteroatoms. The summed E-state index contributed by atoms with van der Waals surface area (Å²) in [6.45, 7) is 3.50. The fourth-order valence-electron chi connectivity index (χ4n) is 4.80. The maximum absolute atomic E-state index is 12.8. The zero-order valence-corrected chi connectivity index (χ0v) is 22.0. The number of aromatic amines is 2. The smallest absolute Gasteiger partial charge is 0.282 e. The average molecular weight is 515 g/mol. The second-order valence-corrected chi connectivity index (χ2v) is 9.64. The van der Waals surface area contributed by atoms with Crippen molar-refractivity contribution in [1.82, 2.24) is 19.6 Å². The molecule has 2 aromatic carbocycles. The van der Waals surface area contributed by atoms with Crippen LogP contribution in [0.3, 0.4) is 0 Å². The van der Waals surface area contributed by atoms with E-state index in [-0.39, 0.29) is 33.8 Å². The number of rotatable bonds is 13. The van der Waals surface area contributed by atoms with E-state index in [4.69, 9.17) is 0 Å². The Morgan fingerprint density at radius 2 is 0.921 bits per heavy atom. The lowest BCUT2D eigenvalue weighted by molar-refractivity contribution is 0.0968. The maximum Gasteiger partial charge on any atom is 0.282 e. The highest BCUT2D eigenvalue weighted by atomic mass is 16.2. The molecule has 0 aliphatic heterocycles. The van der Waals surface area contributed by atoms with Crippen molar-refractivity contribution in [3.63, 3.8) is 0 Å². The van der Waals surface area contributed by atoms with Gasteiger partial charge in [0.05, 0.1) is 11.4 Å². The van der Waals surface area contributed by atoms with Crippen LogP contribution in [0.5, 0.6) is 0 Å². The van der Waals surface area contributed by atoms with E-state index in [1.807, 2.05) is 60.7 Å². The number of carbonyl (C=O) groups is 2. The van der Waals surface area contributed by atoms with Crippen LogP contribution in [0.1, 0.15) is 83.5 Å². The quantitative estimate of drug-likeness (QED) is 0.183. The minimum atomic E-state index is -0.309. The second kappa shape index (κ2) is 12.4. The molecule has 0 fully saturated rings. The first-order chi connectivity index (χ1) is 18.4. The number of aromatic nitrogens is 4. The van der Waals surface area contributed by atoms with Gasteiger partial charge in [-0.15, -0.1) is 0 Å². The average Bonchev–Trinajstić information content (AvgIpc) is 3.40. The van der Waals surface area contributed by atoms with Crippen molar-refractivity contribution in [3.8, 4) is 11.4 Å². The lowest BCUT2D eigenvalue weighted by Crippen LogP contribution is -2.20. The van der Waals surface area contributed by atoms with Crippen LogP contribution >= 0.6 is 0 Å². The number of para-hydroxylation sites is 2. The van der Waals surface area contributed by atoms with E-state index in [2.05, 4.69) is 10.2 Å². The predicted octanol–water partition coefficient (Wildman–Crippen LogP) is 5.45. The Morgan fingerprint density at radius 1 is 0.579 bits per heavy atom. The van der Waals surface area contributed by atoms with Gasteiger partial charge in [0.2, 0.25) is 0 Å². The molecule has 0 radical (unpaired) electrons. The molecule has 2 N–H and O–H groups in total. The molecule has 4 rings (SSSR count). The predicted molar refractivity (Wildman–Crippen MR) is 148 cm³/mol. The largest absolute Gasteiger partial charge is 0.295 e. The van der Waals surface area contributed by atoms with E-state index in [9.17, 15) is 19.2 Å². The standard InChI is InChI=1S/C30H34N4O4/c1-21-27(29(37)33(31-21)23-15-9-7-10-16-23)25(35)19-13-5-3-4-6-14-20-26(36)28-22(2)32-34(30(28)38)24-17-11-8-12-18-24/h7-12,15-18,31-32H,3-6,13-14,19-20H2,1-2H3. The lowest BCUT2D eigenvalue weighted by Gasteiger charge is -2.02. The molecule has 0 unspecified atom stereocenters. The van der Waals surface area contributed by atoms with E-state index in [1.54, 1.807) is 13.8 Å². The number of aryl methyl sites for hydroxylation is 2. The van der Waals surface area contributed by atoms with Gasteiger partial charge in [0.1, 0.15) is 11.1 Å². The number of nitrogens with one attached hydrogen (secondary N) is 2. The molecule has 4 aromatic rings. The van der Waals surface area contributed by atoms with Gasteiger partial charge < -0.3 is 0 Å².